The molecule has 0 aromatic carbocycles. The quantitative estimate of drug-likeness (QED) is 0.623. The molecule has 0 spiro atoms. The molecule has 0 aliphatic heterocycles. The van der Waals surface area contributed by atoms with Gasteiger partial charge in [-0.2, -0.15) is 0 Å². The van der Waals surface area contributed by atoms with Crippen LogP contribution in [0.5, 0.6) is 0 Å². The monoisotopic (exact) mass is 285 g/mol. The Balaban J connectivity index is 0.00000225. The molecular weight excluding hydrogens is 269 g/mol. The topological polar surface area (TPSA) is 0 Å². The van der Waals surface area contributed by atoms with Crippen LogP contribution < -0.4 is 0 Å². The van der Waals surface area contributed by atoms with Crippen LogP contribution in [0.1, 0.15) is 6.42 Å². The fourth-order valence-electron chi connectivity index (χ4n) is 1.03. The molecule has 0 fully saturated rings. The zero-order chi connectivity index (χ0) is 10.6. The Labute approximate surface area is 123 Å². The van der Waals surface area contributed by atoms with Crippen LogP contribution in [0, 0.1) is 0 Å². The summed E-state index contributed by atoms with van der Waals surface area (Å²) in [5.41, 5.74) is 0. The summed E-state index contributed by atoms with van der Waals surface area (Å²) in [5, 5.41) is 0. The third-order valence-corrected chi connectivity index (χ3v) is 1.77. The number of rotatable bonds is 0. The fraction of sp³-hybridized carbons (Fsp3) is 0.0667. The molecule has 0 aromatic heterocycles. The van der Waals surface area contributed by atoms with E-state index in [2.05, 4.69) is 24.3 Å². The molecule has 1 aliphatic carbocycles. The van der Waals surface area contributed by atoms with Crippen LogP contribution in [0.15, 0.2) is 85.1 Å². The molecule has 16 heavy (non-hydrogen) atoms. The molecule has 0 amide bonds. The van der Waals surface area contributed by atoms with Crippen LogP contribution in [-0.2, 0) is 32.7 Å². The number of hydrogen-bond donors (Lipinski definition) is 0. The van der Waals surface area contributed by atoms with Gasteiger partial charge in [0.2, 0.25) is 0 Å². The first-order chi connectivity index (χ1) is 7.50. The van der Waals surface area contributed by atoms with Crippen molar-refractivity contribution in [1.82, 2.24) is 0 Å². The van der Waals surface area contributed by atoms with Crippen molar-refractivity contribution in [2.24, 2.45) is 0 Å². The van der Waals surface area contributed by atoms with Gasteiger partial charge in [0.25, 0.3) is 0 Å². The molecular formula is C15H16Y. The second kappa shape index (κ2) is 12.4. The molecule has 0 bridgehead atoms. The van der Waals surface area contributed by atoms with Crippen LogP contribution >= 0.6 is 0 Å². The van der Waals surface area contributed by atoms with E-state index in [1.165, 1.54) is 0 Å². The largest absolute Gasteiger partial charge is 0.0807 e. The van der Waals surface area contributed by atoms with E-state index in [0.29, 0.717) is 0 Å². The van der Waals surface area contributed by atoms with Crippen molar-refractivity contribution in [2.75, 3.05) is 0 Å². The van der Waals surface area contributed by atoms with E-state index < -0.39 is 0 Å². The predicted molar refractivity (Wildman–Crippen MR) is 68.6 cm³/mol. The summed E-state index contributed by atoms with van der Waals surface area (Å²) in [4.78, 5) is 0. The second-order valence-electron chi connectivity index (χ2n) is 3.02. The molecule has 1 aliphatic rings. The molecule has 0 unspecified atom stereocenters. The van der Waals surface area contributed by atoms with Crippen molar-refractivity contribution < 1.29 is 32.7 Å². The molecule has 0 saturated carbocycles. The predicted octanol–water partition coefficient (Wildman–Crippen LogP) is 4.28. The van der Waals surface area contributed by atoms with Crippen LogP contribution in [0.2, 0.25) is 0 Å². The Bertz CT molecular complexity index is 316. The summed E-state index contributed by atoms with van der Waals surface area (Å²) in [6.07, 6.45) is 29.5. The van der Waals surface area contributed by atoms with Gasteiger partial charge in [-0.3, -0.25) is 0 Å². The first-order valence-corrected chi connectivity index (χ1v) is 5.15. The standard InChI is InChI=1S/C15H16.Y/c1-2-4-6-8-10-12-14-15-13-11-9-7-5-3-1;/h1-14H,15H2;. The first kappa shape index (κ1) is 15.3. The number of allylic oxidation sites excluding steroid dienone is 14. The zero-order valence-electron chi connectivity index (χ0n) is 9.37. The van der Waals surface area contributed by atoms with Crippen molar-refractivity contribution in [3.05, 3.63) is 85.1 Å². The van der Waals surface area contributed by atoms with E-state index in [1.807, 2.05) is 60.8 Å². The molecule has 1 heteroatoms. The third-order valence-electron chi connectivity index (χ3n) is 1.77. The molecule has 0 atom stereocenters. The fourth-order valence-corrected chi connectivity index (χ4v) is 1.03. The average Bonchev–Trinajstić information content (AvgIpc) is 2.27. The Morgan fingerprint density at radius 3 is 0.938 bits per heavy atom. The normalized spacial score (nSPS) is 15.5. The van der Waals surface area contributed by atoms with E-state index >= 15 is 0 Å². The summed E-state index contributed by atoms with van der Waals surface area (Å²) in [5.74, 6) is 0. The van der Waals surface area contributed by atoms with Crippen LogP contribution in [0.3, 0.4) is 0 Å². The number of hydrogen-bond acceptors (Lipinski definition) is 0. The maximum Gasteiger partial charge on any atom is 0 e. The van der Waals surface area contributed by atoms with Crippen molar-refractivity contribution in [2.45, 2.75) is 6.42 Å². The minimum absolute atomic E-state index is 0. The summed E-state index contributed by atoms with van der Waals surface area (Å²) in [6.45, 7) is 0. The van der Waals surface area contributed by atoms with E-state index in [9.17, 15) is 0 Å². The maximum absolute atomic E-state index is 2.12. The Morgan fingerprint density at radius 1 is 0.375 bits per heavy atom. The molecule has 79 valence electrons. The van der Waals surface area contributed by atoms with E-state index in [1.54, 1.807) is 0 Å². The average molecular weight is 285 g/mol. The summed E-state index contributed by atoms with van der Waals surface area (Å²) < 4.78 is 0. The molecule has 0 aromatic rings. The van der Waals surface area contributed by atoms with Gasteiger partial charge in [-0.15, -0.1) is 0 Å². The summed E-state index contributed by atoms with van der Waals surface area (Å²) >= 11 is 0. The van der Waals surface area contributed by atoms with Gasteiger partial charge in [0, 0.05) is 32.7 Å². The van der Waals surface area contributed by atoms with Gasteiger partial charge in [-0.25, -0.2) is 0 Å². The molecule has 1 radical (unpaired) electrons. The minimum Gasteiger partial charge on any atom is -0.0807 e. The van der Waals surface area contributed by atoms with Crippen LogP contribution in [0.25, 0.3) is 0 Å². The van der Waals surface area contributed by atoms with Gasteiger partial charge < -0.3 is 0 Å². The van der Waals surface area contributed by atoms with Gasteiger partial charge in [-0.05, 0) is 6.42 Å². The molecule has 0 saturated heterocycles. The van der Waals surface area contributed by atoms with Gasteiger partial charge >= 0.3 is 0 Å². The Hall–Kier alpha value is -0.716. The molecule has 1 rings (SSSR count). The smallest absolute Gasteiger partial charge is 0 e. The first-order valence-electron chi connectivity index (χ1n) is 5.15. The van der Waals surface area contributed by atoms with Crippen molar-refractivity contribution >= 4 is 0 Å². The minimum atomic E-state index is 0. The zero-order valence-corrected chi connectivity index (χ0v) is 12.2. The maximum atomic E-state index is 2.12. The van der Waals surface area contributed by atoms with E-state index in [4.69, 9.17) is 0 Å². The van der Waals surface area contributed by atoms with Crippen molar-refractivity contribution in [3.63, 3.8) is 0 Å². The van der Waals surface area contributed by atoms with Crippen LogP contribution in [0.4, 0.5) is 0 Å². The van der Waals surface area contributed by atoms with Crippen LogP contribution in [-0.4, -0.2) is 0 Å². The van der Waals surface area contributed by atoms with Gasteiger partial charge in [0.05, 0.1) is 0 Å². The van der Waals surface area contributed by atoms with E-state index in [-0.39, 0.29) is 32.7 Å². The van der Waals surface area contributed by atoms with Gasteiger partial charge in [0.1, 0.15) is 0 Å². The Morgan fingerprint density at radius 2 is 0.625 bits per heavy atom. The Kier molecular flexibility index (Phi) is 11.8. The summed E-state index contributed by atoms with van der Waals surface area (Å²) in [7, 11) is 0. The third kappa shape index (κ3) is 9.82. The molecule has 0 N–H and O–H groups in total. The molecule has 0 heterocycles. The SMILES string of the molecule is C1=CC=CC=CC=CCC=CC=CC=C1.[Y]. The van der Waals surface area contributed by atoms with E-state index in [0.717, 1.165) is 6.42 Å². The van der Waals surface area contributed by atoms with Gasteiger partial charge in [0.15, 0.2) is 0 Å². The molecule has 0 nitrogen and oxygen atoms in total. The van der Waals surface area contributed by atoms with Crippen molar-refractivity contribution in [1.29, 1.82) is 0 Å². The van der Waals surface area contributed by atoms with Crippen molar-refractivity contribution in [3.8, 4) is 0 Å². The second-order valence-corrected chi connectivity index (χ2v) is 3.02. The summed E-state index contributed by atoms with van der Waals surface area (Å²) in [6, 6.07) is 0. The van der Waals surface area contributed by atoms with Gasteiger partial charge in [-0.1, -0.05) is 85.1 Å².